The van der Waals surface area contributed by atoms with Crippen LogP contribution in [0.15, 0.2) is 0 Å². The summed E-state index contributed by atoms with van der Waals surface area (Å²) in [4.78, 5) is 3.47. The summed E-state index contributed by atoms with van der Waals surface area (Å²) >= 11 is 0. The van der Waals surface area contributed by atoms with E-state index in [1.165, 1.54) is 0 Å². The number of nitrogens with zero attached hydrogens (tertiary/aromatic N) is 1. The van der Waals surface area contributed by atoms with E-state index in [-0.39, 0.29) is 57.1 Å². The fourth-order valence-electron chi connectivity index (χ4n) is 1.83. The van der Waals surface area contributed by atoms with Gasteiger partial charge in [-0.1, -0.05) is 5.92 Å². The van der Waals surface area contributed by atoms with Crippen molar-refractivity contribution in [2.24, 2.45) is 5.92 Å². The number of aliphatic hydroxyl groups is 1. The normalized spacial score (nSPS) is 32.1. The van der Waals surface area contributed by atoms with Crippen LogP contribution < -0.4 is 0 Å². The van der Waals surface area contributed by atoms with Crippen molar-refractivity contribution < 1.29 is 42.6 Å². The minimum absolute atomic E-state index is 0. The zero-order valence-electron chi connectivity index (χ0n) is 9.10. The first-order valence-corrected chi connectivity index (χ1v) is 4.83. The van der Waals surface area contributed by atoms with E-state index in [0.717, 1.165) is 0 Å². The summed E-state index contributed by atoms with van der Waals surface area (Å²) in [5, 5.41) is 9.52. The zero-order valence-corrected chi connectivity index (χ0v) is 11.9. The van der Waals surface area contributed by atoms with E-state index in [2.05, 4.69) is 28.5 Å². The number of aliphatic hydroxyl groups excluding tert-OH is 1. The molecule has 81 valence electrons. The standard InChI is InChI=1S/C11H13BNO2.Y/c1-13-9-7-10(14)11(12)8(9)5-3-4-6-15-2;/h8-11,14H,2,5-7H2;/q-1;. The van der Waals surface area contributed by atoms with Crippen LogP contribution in [0.3, 0.4) is 0 Å². The third-order valence-electron chi connectivity index (χ3n) is 2.72. The van der Waals surface area contributed by atoms with Crippen molar-refractivity contribution in [3.63, 3.8) is 0 Å². The van der Waals surface area contributed by atoms with Gasteiger partial charge in [-0.3, -0.25) is 0 Å². The molecule has 3 radical (unpaired) electrons. The van der Waals surface area contributed by atoms with Crippen LogP contribution in [0.1, 0.15) is 12.8 Å². The summed E-state index contributed by atoms with van der Waals surface area (Å²) < 4.78 is 4.54. The van der Waals surface area contributed by atoms with Gasteiger partial charge in [0.05, 0.1) is 20.6 Å². The van der Waals surface area contributed by atoms with Crippen molar-refractivity contribution in [2.45, 2.75) is 30.8 Å². The summed E-state index contributed by atoms with van der Waals surface area (Å²) in [5.74, 6) is 5.29. The Morgan fingerprint density at radius 1 is 1.56 bits per heavy atom. The first-order valence-electron chi connectivity index (χ1n) is 4.83. The molecule has 1 aliphatic rings. The molecular weight excluding hydrogens is 278 g/mol. The molecule has 0 aliphatic heterocycles. The van der Waals surface area contributed by atoms with Crippen LogP contribution in [0, 0.1) is 31.4 Å². The van der Waals surface area contributed by atoms with E-state index < -0.39 is 6.10 Å². The van der Waals surface area contributed by atoms with Gasteiger partial charge in [0.25, 0.3) is 0 Å². The molecule has 5 heteroatoms. The van der Waals surface area contributed by atoms with Crippen molar-refractivity contribution in [1.29, 1.82) is 0 Å². The van der Waals surface area contributed by atoms with Gasteiger partial charge in [-0.15, -0.1) is 5.92 Å². The van der Waals surface area contributed by atoms with Gasteiger partial charge in [0, 0.05) is 51.5 Å². The molecule has 1 N–H and O–H groups in total. The van der Waals surface area contributed by atoms with Crippen LogP contribution in [0.25, 0.3) is 4.85 Å². The van der Waals surface area contributed by atoms with E-state index in [9.17, 15) is 5.11 Å². The van der Waals surface area contributed by atoms with Crippen molar-refractivity contribution in [1.82, 2.24) is 0 Å². The minimum Gasteiger partial charge on any atom is -0.546 e. The molecule has 3 nitrogen and oxygen atoms in total. The Balaban J connectivity index is 0.00000225. The Morgan fingerprint density at radius 2 is 2.25 bits per heavy atom. The molecule has 16 heavy (non-hydrogen) atoms. The average molecular weight is 291 g/mol. The number of rotatable bonds is 2. The second-order valence-corrected chi connectivity index (χ2v) is 3.65. The molecule has 0 saturated heterocycles. The van der Waals surface area contributed by atoms with Gasteiger partial charge in [-0.25, -0.2) is 13.7 Å². The summed E-state index contributed by atoms with van der Waals surface area (Å²) in [7, 11) is 9.00. The fraction of sp³-hybridized carbons (Fsp3) is 0.636. The molecule has 4 unspecified atom stereocenters. The third-order valence-corrected chi connectivity index (χ3v) is 2.72. The maximum absolute atomic E-state index is 9.52. The molecule has 1 rings (SSSR count). The number of hydrogen-bond acceptors (Lipinski definition) is 2. The number of hydrogen-bond donors (Lipinski definition) is 1. The van der Waals surface area contributed by atoms with Crippen LogP contribution >= 0.6 is 0 Å². The van der Waals surface area contributed by atoms with E-state index in [1.807, 2.05) is 0 Å². The zero-order chi connectivity index (χ0) is 11.3. The Morgan fingerprint density at radius 3 is 2.81 bits per heavy atom. The predicted molar refractivity (Wildman–Crippen MR) is 57.7 cm³/mol. The van der Waals surface area contributed by atoms with Crippen molar-refractivity contribution in [3.05, 3.63) is 18.5 Å². The topological polar surface area (TPSA) is 33.8 Å². The predicted octanol–water partition coefficient (Wildman–Crippen LogP) is 0.811. The molecule has 0 aromatic carbocycles. The molecule has 1 fully saturated rings. The largest absolute Gasteiger partial charge is 0.546 e. The quantitative estimate of drug-likeness (QED) is 0.464. The first-order chi connectivity index (χ1) is 7.20. The molecule has 1 aliphatic carbocycles. The van der Waals surface area contributed by atoms with E-state index in [4.69, 9.17) is 14.4 Å². The van der Waals surface area contributed by atoms with Gasteiger partial charge in [0.1, 0.15) is 0 Å². The Labute approximate surface area is 123 Å². The maximum atomic E-state index is 9.52. The third kappa shape index (κ3) is 4.19. The molecule has 0 aromatic rings. The van der Waals surface area contributed by atoms with Gasteiger partial charge in [0.2, 0.25) is 6.04 Å². The Kier molecular flexibility index (Phi) is 8.33. The Hall–Kier alpha value is 0.139. The summed E-state index contributed by atoms with van der Waals surface area (Å²) in [5.41, 5.74) is 0. The fourth-order valence-corrected chi connectivity index (χ4v) is 1.83. The molecule has 4 atom stereocenters. The summed E-state index contributed by atoms with van der Waals surface area (Å²) in [6.07, 6.45) is 0.428. The van der Waals surface area contributed by atoms with Crippen LogP contribution in [0.4, 0.5) is 0 Å². The minimum atomic E-state index is -0.569. The summed E-state index contributed by atoms with van der Waals surface area (Å²) in [6.45, 7) is 7.29. The van der Waals surface area contributed by atoms with E-state index in [1.54, 1.807) is 0 Å². The van der Waals surface area contributed by atoms with Gasteiger partial charge in [-0.2, -0.15) is 0 Å². The van der Waals surface area contributed by atoms with Gasteiger partial charge >= 0.3 is 0 Å². The van der Waals surface area contributed by atoms with Crippen LogP contribution in [0.2, 0.25) is 5.82 Å². The van der Waals surface area contributed by atoms with Crippen molar-refractivity contribution in [3.8, 4) is 11.8 Å². The van der Waals surface area contributed by atoms with Gasteiger partial charge in [-0.05, 0) is 5.82 Å². The van der Waals surface area contributed by atoms with Gasteiger partial charge < -0.3 is 14.7 Å². The van der Waals surface area contributed by atoms with Crippen molar-refractivity contribution >= 4 is 7.85 Å². The van der Waals surface area contributed by atoms with Crippen LogP contribution in [-0.2, 0) is 37.4 Å². The molecule has 0 bridgehead atoms. The maximum Gasteiger partial charge on any atom is 0.229 e. The average Bonchev–Trinajstić information content (AvgIpc) is 2.51. The number of ether oxygens (including phenoxy) is 1. The van der Waals surface area contributed by atoms with Gasteiger partial charge in [0.15, 0.2) is 0 Å². The monoisotopic (exact) mass is 291 g/mol. The molecule has 1 saturated carbocycles. The SMILES string of the molecule is [B]C1C(O)CC([N+]#[C-])C1CC#CCO[CH2-].[Y]. The Bertz CT molecular complexity index is 307. The second-order valence-electron chi connectivity index (χ2n) is 3.65. The van der Waals surface area contributed by atoms with E-state index >= 15 is 0 Å². The first kappa shape index (κ1) is 16.1. The molecule has 0 amide bonds. The molecule has 0 spiro atoms. The second kappa shape index (κ2) is 8.26. The van der Waals surface area contributed by atoms with Crippen LogP contribution in [0.5, 0.6) is 0 Å². The summed E-state index contributed by atoms with van der Waals surface area (Å²) in [6, 6.07) is -0.204. The molecule has 0 aromatic heterocycles. The molecular formula is C11H13BNO2Y-. The van der Waals surface area contributed by atoms with Crippen LogP contribution in [-0.4, -0.2) is 31.7 Å². The van der Waals surface area contributed by atoms with E-state index in [0.29, 0.717) is 12.8 Å². The van der Waals surface area contributed by atoms with Crippen molar-refractivity contribution in [2.75, 3.05) is 6.61 Å². The molecule has 0 heterocycles. The smallest absolute Gasteiger partial charge is 0.229 e.